The van der Waals surface area contributed by atoms with E-state index in [-0.39, 0.29) is 0 Å². The molecule has 0 amide bonds. The molecule has 1 aliphatic rings. The number of nitrogens with zero attached hydrogens (tertiary/aromatic N) is 2. The van der Waals surface area contributed by atoms with Crippen LogP contribution in [-0.2, 0) is 6.42 Å². The minimum Gasteiger partial charge on any atom is -0.493 e. The van der Waals surface area contributed by atoms with Crippen molar-refractivity contribution >= 4 is 16.5 Å². The zero-order valence-corrected chi connectivity index (χ0v) is 11.1. The second kappa shape index (κ2) is 4.94. The standard InChI is InChI=1S/C13H15N3OS/c1-2-14-13-16-15-12(18-13)10-7-3-5-9-6-4-8-17-11(9)10/h3,5,7H,2,4,6,8H2,1H3,(H,14,16). The van der Waals surface area contributed by atoms with Crippen LogP contribution in [0.3, 0.4) is 0 Å². The normalized spacial score (nSPS) is 13.8. The largest absolute Gasteiger partial charge is 0.493 e. The second-order valence-corrected chi connectivity index (χ2v) is 5.17. The maximum Gasteiger partial charge on any atom is 0.205 e. The zero-order valence-electron chi connectivity index (χ0n) is 10.3. The Bertz CT molecular complexity index is 553. The molecule has 2 heterocycles. The third-order valence-electron chi connectivity index (χ3n) is 2.92. The van der Waals surface area contributed by atoms with Gasteiger partial charge in [-0.1, -0.05) is 23.5 Å². The van der Waals surface area contributed by atoms with Crippen LogP contribution in [0.2, 0.25) is 0 Å². The van der Waals surface area contributed by atoms with Crippen LogP contribution in [0.15, 0.2) is 18.2 Å². The average molecular weight is 261 g/mol. The molecule has 5 heteroatoms. The molecule has 0 saturated heterocycles. The third-order valence-corrected chi connectivity index (χ3v) is 3.83. The quantitative estimate of drug-likeness (QED) is 0.922. The van der Waals surface area contributed by atoms with E-state index >= 15 is 0 Å². The van der Waals surface area contributed by atoms with Crippen LogP contribution < -0.4 is 10.1 Å². The summed E-state index contributed by atoms with van der Waals surface area (Å²) >= 11 is 1.57. The van der Waals surface area contributed by atoms with Crippen molar-refractivity contribution in [2.75, 3.05) is 18.5 Å². The molecule has 2 aromatic rings. The summed E-state index contributed by atoms with van der Waals surface area (Å²) in [4.78, 5) is 0. The van der Waals surface area contributed by atoms with Gasteiger partial charge in [0.25, 0.3) is 0 Å². The Kier molecular flexibility index (Phi) is 3.15. The first-order valence-corrected chi connectivity index (χ1v) is 7.02. The molecule has 0 bridgehead atoms. The molecule has 0 unspecified atom stereocenters. The van der Waals surface area contributed by atoms with Gasteiger partial charge in [-0.05, 0) is 31.4 Å². The Labute approximate surface area is 110 Å². The fourth-order valence-electron chi connectivity index (χ4n) is 2.11. The second-order valence-electron chi connectivity index (χ2n) is 4.19. The number of hydrogen-bond donors (Lipinski definition) is 1. The van der Waals surface area contributed by atoms with Crippen LogP contribution in [0.1, 0.15) is 18.9 Å². The first-order chi connectivity index (χ1) is 8.88. The van der Waals surface area contributed by atoms with E-state index in [4.69, 9.17) is 4.74 Å². The molecule has 94 valence electrons. The SMILES string of the molecule is CCNc1nnc(-c2cccc3c2OCCC3)s1. The van der Waals surface area contributed by atoms with Gasteiger partial charge < -0.3 is 10.1 Å². The number of benzene rings is 1. The lowest BCUT2D eigenvalue weighted by atomic mass is 10.0. The highest BCUT2D eigenvalue weighted by Gasteiger charge is 2.18. The first-order valence-electron chi connectivity index (χ1n) is 6.21. The molecule has 0 atom stereocenters. The Morgan fingerprint density at radius 3 is 3.22 bits per heavy atom. The lowest BCUT2D eigenvalue weighted by Crippen LogP contribution is -2.09. The summed E-state index contributed by atoms with van der Waals surface area (Å²) in [6, 6.07) is 6.25. The molecule has 0 radical (unpaired) electrons. The number of para-hydroxylation sites is 1. The van der Waals surface area contributed by atoms with E-state index in [1.165, 1.54) is 5.56 Å². The van der Waals surface area contributed by atoms with Crippen molar-refractivity contribution in [1.82, 2.24) is 10.2 Å². The molecule has 0 fully saturated rings. The van der Waals surface area contributed by atoms with Crippen molar-refractivity contribution in [1.29, 1.82) is 0 Å². The number of hydrogen-bond acceptors (Lipinski definition) is 5. The van der Waals surface area contributed by atoms with Crippen LogP contribution in [0.4, 0.5) is 5.13 Å². The average Bonchev–Trinajstić information content (AvgIpc) is 2.87. The Balaban J connectivity index is 2.00. The summed E-state index contributed by atoms with van der Waals surface area (Å²) < 4.78 is 5.80. The van der Waals surface area contributed by atoms with Gasteiger partial charge in [-0.3, -0.25) is 0 Å². The number of rotatable bonds is 3. The molecule has 1 aliphatic heterocycles. The number of ether oxygens (including phenoxy) is 1. The van der Waals surface area contributed by atoms with E-state index in [0.29, 0.717) is 0 Å². The van der Waals surface area contributed by atoms with Crippen LogP contribution in [0.25, 0.3) is 10.6 Å². The predicted molar refractivity (Wildman–Crippen MR) is 73.3 cm³/mol. The molecule has 1 aromatic heterocycles. The van der Waals surface area contributed by atoms with Crippen LogP contribution >= 0.6 is 11.3 Å². The molecule has 0 spiro atoms. The van der Waals surface area contributed by atoms with E-state index in [9.17, 15) is 0 Å². The van der Waals surface area contributed by atoms with Crippen molar-refractivity contribution in [3.05, 3.63) is 23.8 Å². The van der Waals surface area contributed by atoms with Crippen molar-refractivity contribution in [3.8, 4) is 16.3 Å². The summed E-state index contributed by atoms with van der Waals surface area (Å²) in [6.45, 7) is 3.70. The van der Waals surface area contributed by atoms with Gasteiger partial charge in [-0.25, -0.2) is 0 Å². The van der Waals surface area contributed by atoms with Gasteiger partial charge in [-0.2, -0.15) is 0 Å². The van der Waals surface area contributed by atoms with Crippen molar-refractivity contribution in [3.63, 3.8) is 0 Å². The van der Waals surface area contributed by atoms with Gasteiger partial charge >= 0.3 is 0 Å². The van der Waals surface area contributed by atoms with Gasteiger partial charge in [0, 0.05) is 6.54 Å². The molecule has 18 heavy (non-hydrogen) atoms. The molecule has 4 nitrogen and oxygen atoms in total. The van der Waals surface area contributed by atoms with Gasteiger partial charge in [0.15, 0.2) is 5.01 Å². The van der Waals surface area contributed by atoms with Crippen LogP contribution in [0.5, 0.6) is 5.75 Å². The molecule has 1 N–H and O–H groups in total. The zero-order chi connectivity index (χ0) is 12.4. The van der Waals surface area contributed by atoms with Gasteiger partial charge in [0.1, 0.15) is 5.75 Å². The van der Waals surface area contributed by atoms with Crippen LogP contribution in [0, 0.1) is 0 Å². The number of nitrogens with one attached hydrogen (secondary N) is 1. The Hall–Kier alpha value is -1.62. The van der Waals surface area contributed by atoms with E-state index in [1.54, 1.807) is 11.3 Å². The van der Waals surface area contributed by atoms with E-state index in [1.807, 2.05) is 0 Å². The van der Waals surface area contributed by atoms with Gasteiger partial charge in [0.2, 0.25) is 5.13 Å². The highest BCUT2D eigenvalue weighted by Crippen LogP contribution is 2.38. The van der Waals surface area contributed by atoms with Crippen molar-refractivity contribution in [2.24, 2.45) is 0 Å². The summed E-state index contributed by atoms with van der Waals surface area (Å²) in [5.74, 6) is 0.989. The lowest BCUT2D eigenvalue weighted by Gasteiger charge is -2.19. The van der Waals surface area contributed by atoms with Crippen LogP contribution in [-0.4, -0.2) is 23.3 Å². The summed E-state index contributed by atoms with van der Waals surface area (Å²) in [6.07, 6.45) is 2.18. The van der Waals surface area contributed by atoms with E-state index in [0.717, 1.165) is 47.4 Å². The number of aryl methyl sites for hydroxylation is 1. The first kappa shape index (κ1) is 11.5. The minimum atomic E-state index is 0.795. The molecule has 0 saturated carbocycles. The summed E-state index contributed by atoms with van der Waals surface area (Å²) in [5.41, 5.74) is 2.34. The summed E-state index contributed by atoms with van der Waals surface area (Å²) in [7, 11) is 0. The molecular formula is C13H15N3OS. The topological polar surface area (TPSA) is 47.0 Å². The highest BCUT2D eigenvalue weighted by molar-refractivity contribution is 7.18. The number of fused-ring (bicyclic) bond motifs is 1. The fraction of sp³-hybridized carbons (Fsp3) is 0.385. The third kappa shape index (κ3) is 2.06. The Morgan fingerprint density at radius 1 is 1.39 bits per heavy atom. The molecule has 1 aromatic carbocycles. The minimum absolute atomic E-state index is 0.795. The molecule has 0 aliphatic carbocycles. The number of aromatic nitrogens is 2. The fourth-order valence-corrected chi connectivity index (χ4v) is 2.95. The molecular weight excluding hydrogens is 246 g/mol. The summed E-state index contributed by atoms with van der Waals surface area (Å²) in [5, 5.41) is 13.3. The van der Waals surface area contributed by atoms with E-state index < -0.39 is 0 Å². The monoisotopic (exact) mass is 261 g/mol. The van der Waals surface area contributed by atoms with Gasteiger partial charge in [0.05, 0.1) is 12.2 Å². The van der Waals surface area contributed by atoms with Crippen molar-refractivity contribution in [2.45, 2.75) is 19.8 Å². The van der Waals surface area contributed by atoms with Crippen molar-refractivity contribution < 1.29 is 4.74 Å². The lowest BCUT2D eigenvalue weighted by molar-refractivity contribution is 0.289. The Morgan fingerprint density at radius 2 is 2.33 bits per heavy atom. The maximum absolute atomic E-state index is 5.80. The van der Waals surface area contributed by atoms with Gasteiger partial charge in [-0.15, -0.1) is 10.2 Å². The smallest absolute Gasteiger partial charge is 0.205 e. The number of anilines is 1. The predicted octanol–water partition coefficient (Wildman–Crippen LogP) is 2.96. The van der Waals surface area contributed by atoms with E-state index in [2.05, 4.69) is 40.6 Å². The maximum atomic E-state index is 5.80. The highest BCUT2D eigenvalue weighted by atomic mass is 32.1. The molecule has 3 rings (SSSR count).